The average molecular weight is 481 g/mol. The van der Waals surface area contributed by atoms with E-state index in [-0.39, 0.29) is 29.5 Å². The third-order valence-electron chi connectivity index (χ3n) is 4.64. The summed E-state index contributed by atoms with van der Waals surface area (Å²) < 4.78 is 71.8. The molecule has 0 amide bonds. The van der Waals surface area contributed by atoms with Crippen LogP contribution in [0.1, 0.15) is 24.0 Å². The number of halogens is 5. The van der Waals surface area contributed by atoms with Gasteiger partial charge in [0.15, 0.2) is 17.5 Å². The molecule has 0 radical (unpaired) electrons. The molecule has 34 heavy (non-hydrogen) atoms. The number of hydrogen-bond donors (Lipinski definition) is 3. The molecule has 1 unspecified atom stereocenters. The molecule has 5 N–H and O–H groups in total. The molecule has 0 saturated carbocycles. The van der Waals surface area contributed by atoms with Gasteiger partial charge in [0.1, 0.15) is 23.3 Å². The molecular formula is C21H20F5N7O. The minimum absolute atomic E-state index is 0.0533. The molecule has 0 spiro atoms. The van der Waals surface area contributed by atoms with Gasteiger partial charge < -0.3 is 21.3 Å². The molecule has 3 rings (SSSR count). The Morgan fingerprint density at radius 1 is 1.18 bits per heavy atom. The highest BCUT2D eigenvalue weighted by molar-refractivity contribution is 6.10. The lowest BCUT2D eigenvalue weighted by molar-refractivity contribution is -0.176. The van der Waals surface area contributed by atoms with E-state index >= 15 is 0 Å². The van der Waals surface area contributed by atoms with Crippen LogP contribution in [0.2, 0.25) is 0 Å². The van der Waals surface area contributed by atoms with E-state index in [1.54, 1.807) is 18.2 Å². The van der Waals surface area contributed by atoms with Crippen LogP contribution < -0.4 is 16.8 Å². The Bertz CT molecular complexity index is 1190. The smallest absolute Gasteiger partial charge is 0.396 e. The summed E-state index contributed by atoms with van der Waals surface area (Å²) in [5.41, 5.74) is 9.32. The Balaban J connectivity index is 1.88. The van der Waals surface area contributed by atoms with Gasteiger partial charge in [-0.15, -0.1) is 0 Å². The third-order valence-corrected chi connectivity index (χ3v) is 4.64. The molecule has 8 nitrogen and oxygen atoms in total. The molecule has 2 aromatic heterocycles. The summed E-state index contributed by atoms with van der Waals surface area (Å²) in [5.74, 6) is -2.17. The molecule has 0 fully saturated rings. The van der Waals surface area contributed by atoms with E-state index in [2.05, 4.69) is 25.4 Å². The van der Waals surface area contributed by atoms with Crippen LogP contribution in [0.3, 0.4) is 0 Å². The van der Waals surface area contributed by atoms with Crippen LogP contribution >= 0.6 is 0 Å². The van der Waals surface area contributed by atoms with Crippen molar-refractivity contribution in [1.82, 2.24) is 15.1 Å². The van der Waals surface area contributed by atoms with Gasteiger partial charge in [-0.05, 0) is 19.1 Å². The average Bonchev–Trinajstić information content (AvgIpc) is 3.31. The predicted octanol–water partition coefficient (Wildman–Crippen LogP) is 3.42. The summed E-state index contributed by atoms with van der Waals surface area (Å²) in [6, 6.07) is 7.52. The lowest BCUT2D eigenvalue weighted by Gasteiger charge is -2.27. The Kier molecular flexibility index (Phi) is 7.25. The van der Waals surface area contributed by atoms with Crippen molar-refractivity contribution < 1.29 is 26.5 Å². The summed E-state index contributed by atoms with van der Waals surface area (Å²) >= 11 is 0. The lowest BCUT2D eigenvalue weighted by atomic mass is 10.0. The SMILES string of the molecule is CC(N)(CNc1nc(C(N)=CC(=NCc2ccccc2F)c2ccon2)ncc1F)C(F)(F)F. The predicted molar refractivity (Wildman–Crippen MR) is 114 cm³/mol. The molecular weight excluding hydrogens is 461 g/mol. The fourth-order valence-electron chi connectivity index (χ4n) is 2.55. The fraction of sp³-hybridized carbons (Fsp3) is 0.238. The van der Waals surface area contributed by atoms with Crippen LogP contribution in [0.5, 0.6) is 0 Å². The van der Waals surface area contributed by atoms with Crippen molar-refractivity contribution in [2.45, 2.75) is 25.2 Å². The molecule has 0 aliphatic rings. The first-order valence-electron chi connectivity index (χ1n) is 9.76. The zero-order valence-corrected chi connectivity index (χ0v) is 17.8. The maximum absolute atomic E-state index is 14.1. The topological polar surface area (TPSA) is 128 Å². The van der Waals surface area contributed by atoms with E-state index in [0.29, 0.717) is 5.56 Å². The quantitative estimate of drug-likeness (QED) is 0.332. The maximum atomic E-state index is 14.1. The number of aromatic nitrogens is 3. The second kappa shape index (κ2) is 9.95. The molecule has 180 valence electrons. The number of benzene rings is 1. The van der Waals surface area contributed by atoms with Crippen LogP contribution in [-0.2, 0) is 6.54 Å². The van der Waals surface area contributed by atoms with E-state index < -0.39 is 35.7 Å². The van der Waals surface area contributed by atoms with Gasteiger partial charge in [0.25, 0.3) is 0 Å². The van der Waals surface area contributed by atoms with Gasteiger partial charge in [-0.1, -0.05) is 23.4 Å². The van der Waals surface area contributed by atoms with Crippen molar-refractivity contribution in [2.24, 2.45) is 16.5 Å². The van der Waals surface area contributed by atoms with Crippen molar-refractivity contribution in [3.05, 3.63) is 77.6 Å². The minimum atomic E-state index is -4.73. The van der Waals surface area contributed by atoms with Gasteiger partial charge in [-0.3, -0.25) is 4.99 Å². The number of aliphatic imine (C=N–C) groups is 1. The number of nitrogens with zero attached hydrogens (tertiary/aromatic N) is 4. The van der Waals surface area contributed by atoms with Crippen LogP contribution in [-0.4, -0.2) is 39.1 Å². The molecule has 0 aliphatic heterocycles. The molecule has 2 heterocycles. The Morgan fingerprint density at radius 2 is 1.91 bits per heavy atom. The number of anilines is 1. The first kappa shape index (κ1) is 24.8. The summed E-state index contributed by atoms with van der Waals surface area (Å²) in [7, 11) is 0. The highest BCUT2D eigenvalue weighted by Gasteiger charge is 2.48. The standard InChI is InChI=1S/C21H20F5N7O/c1-20(28,21(24,25)26)11-31-18-14(23)10-30-19(32-18)15(27)8-17(16-6-7-34-33-16)29-9-12-4-2-3-5-13(12)22/h2-8,10H,9,11,27-28H2,1H3,(H,30,31,32). The first-order chi connectivity index (χ1) is 16.0. The van der Waals surface area contributed by atoms with Crippen LogP contribution in [0.4, 0.5) is 27.8 Å². The van der Waals surface area contributed by atoms with Gasteiger partial charge in [0, 0.05) is 18.2 Å². The van der Waals surface area contributed by atoms with Gasteiger partial charge >= 0.3 is 6.18 Å². The number of allylic oxidation sites excluding steroid dienone is 1. The van der Waals surface area contributed by atoms with E-state index in [1.807, 2.05) is 0 Å². The molecule has 0 saturated heterocycles. The number of hydrogen-bond acceptors (Lipinski definition) is 8. The van der Waals surface area contributed by atoms with Gasteiger partial charge in [-0.2, -0.15) is 13.2 Å². The number of alkyl halides is 3. The second-order valence-electron chi connectivity index (χ2n) is 7.44. The maximum Gasteiger partial charge on any atom is 0.407 e. The third kappa shape index (κ3) is 5.92. The van der Waals surface area contributed by atoms with Crippen LogP contribution in [0, 0.1) is 11.6 Å². The van der Waals surface area contributed by atoms with E-state index in [9.17, 15) is 22.0 Å². The first-order valence-corrected chi connectivity index (χ1v) is 9.76. The van der Waals surface area contributed by atoms with Crippen molar-refractivity contribution in [3.63, 3.8) is 0 Å². The zero-order valence-electron chi connectivity index (χ0n) is 17.8. The molecule has 13 heteroatoms. The number of rotatable bonds is 8. The van der Waals surface area contributed by atoms with E-state index in [4.69, 9.17) is 16.0 Å². The highest BCUT2D eigenvalue weighted by atomic mass is 19.4. The van der Waals surface area contributed by atoms with Gasteiger partial charge in [-0.25, -0.2) is 18.7 Å². The lowest BCUT2D eigenvalue weighted by Crippen LogP contribution is -2.55. The number of nitrogens with two attached hydrogens (primary N) is 2. The van der Waals surface area contributed by atoms with Crippen molar-refractivity contribution in [2.75, 3.05) is 11.9 Å². The molecule has 0 aliphatic carbocycles. The second-order valence-corrected chi connectivity index (χ2v) is 7.44. The Hall–Kier alpha value is -3.87. The van der Waals surface area contributed by atoms with Crippen molar-refractivity contribution in [3.8, 4) is 0 Å². The van der Waals surface area contributed by atoms with E-state index in [1.165, 1.54) is 24.5 Å². The van der Waals surface area contributed by atoms with Crippen molar-refractivity contribution in [1.29, 1.82) is 0 Å². The molecule has 1 aromatic carbocycles. The van der Waals surface area contributed by atoms with Crippen LogP contribution in [0.15, 0.2) is 58.4 Å². The molecule has 1 atom stereocenters. The van der Waals surface area contributed by atoms with Gasteiger partial charge in [0.05, 0.1) is 24.2 Å². The fourth-order valence-corrected chi connectivity index (χ4v) is 2.55. The summed E-state index contributed by atoms with van der Waals surface area (Å²) in [6.07, 6.45) is -1.39. The summed E-state index contributed by atoms with van der Waals surface area (Å²) in [6.45, 7) is -0.144. The largest absolute Gasteiger partial charge is 0.407 e. The Labute approximate surface area is 190 Å². The zero-order chi connectivity index (χ0) is 24.9. The van der Waals surface area contributed by atoms with Gasteiger partial charge in [0.2, 0.25) is 0 Å². The summed E-state index contributed by atoms with van der Waals surface area (Å²) in [5, 5.41) is 6.01. The summed E-state index contributed by atoms with van der Waals surface area (Å²) in [4.78, 5) is 11.9. The van der Waals surface area contributed by atoms with E-state index in [0.717, 1.165) is 13.1 Å². The van der Waals surface area contributed by atoms with Crippen molar-refractivity contribution >= 4 is 17.2 Å². The highest BCUT2D eigenvalue weighted by Crippen LogP contribution is 2.28. The Morgan fingerprint density at radius 3 is 2.56 bits per heavy atom. The van der Waals surface area contributed by atoms with Crippen LogP contribution in [0.25, 0.3) is 5.70 Å². The molecule has 0 bridgehead atoms. The minimum Gasteiger partial charge on any atom is -0.396 e. The monoisotopic (exact) mass is 481 g/mol. The normalized spacial score (nSPS) is 14.7. The molecule has 3 aromatic rings. The number of nitrogens with one attached hydrogen (secondary N) is 1.